The number of amides is 2. The van der Waals surface area contributed by atoms with E-state index in [4.69, 9.17) is 4.74 Å². The van der Waals surface area contributed by atoms with E-state index in [2.05, 4.69) is 15.4 Å². The van der Waals surface area contributed by atoms with Gasteiger partial charge in [-0.25, -0.2) is 4.79 Å². The van der Waals surface area contributed by atoms with Gasteiger partial charge in [0, 0.05) is 13.1 Å². The Morgan fingerprint density at radius 2 is 2.10 bits per heavy atom. The van der Waals surface area contributed by atoms with Gasteiger partial charge >= 0.3 is 11.9 Å². The van der Waals surface area contributed by atoms with E-state index in [1.165, 1.54) is 18.4 Å². The largest absolute Gasteiger partial charge is 0.469 e. The molecular weight excluding hydrogens is 398 g/mol. The quantitative estimate of drug-likeness (QED) is 0.602. The molecule has 1 saturated heterocycles. The molecule has 0 unspecified atom stereocenters. The number of nitrogens with zero attached hydrogens (tertiary/aromatic N) is 1. The van der Waals surface area contributed by atoms with Crippen LogP contribution < -0.4 is 10.6 Å². The number of piperazine rings is 1. The third kappa shape index (κ3) is 5.13. The summed E-state index contributed by atoms with van der Waals surface area (Å²) in [6.07, 6.45) is 1.91. The highest BCUT2D eigenvalue weighted by Gasteiger charge is 2.35. The van der Waals surface area contributed by atoms with Gasteiger partial charge in [-0.1, -0.05) is 0 Å². The van der Waals surface area contributed by atoms with Crippen LogP contribution in [0.2, 0.25) is 0 Å². The number of nitrogens with one attached hydrogen (secondary N) is 2. The lowest BCUT2D eigenvalue weighted by atomic mass is 10.1. The number of thiophene rings is 1. The molecule has 2 amide bonds. The average Bonchev–Trinajstić information content (AvgIpc) is 3.45. The van der Waals surface area contributed by atoms with Crippen LogP contribution in [0, 0.1) is 0 Å². The number of anilines is 1. The molecule has 1 aliphatic heterocycles. The Kier molecular flexibility index (Phi) is 6.86. The van der Waals surface area contributed by atoms with Crippen molar-refractivity contribution in [2.75, 3.05) is 38.7 Å². The molecule has 1 aromatic rings. The van der Waals surface area contributed by atoms with Crippen molar-refractivity contribution in [3.63, 3.8) is 0 Å². The van der Waals surface area contributed by atoms with Crippen molar-refractivity contribution in [3.05, 3.63) is 16.5 Å². The van der Waals surface area contributed by atoms with E-state index in [9.17, 15) is 19.2 Å². The summed E-state index contributed by atoms with van der Waals surface area (Å²) in [7, 11) is 1.26. The molecule has 0 radical (unpaired) electrons. The molecule has 1 saturated carbocycles. The Labute approximate surface area is 172 Å². The van der Waals surface area contributed by atoms with Crippen LogP contribution in [0.3, 0.4) is 0 Å². The monoisotopic (exact) mass is 423 g/mol. The van der Waals surface area contributed by atoms with Crippen LogP contribution in [-0.4, -0.2) is 68.0 Å². The van der Waals surface area contributed by atoms with E-state index in [1.54, 1.807) is 11.8 Å². The van der Waals surface area contributed by atoms with Gasteiger partial charge in [-0.05, 0) is 36.6 Å². The Morgan fingerprint density at radius 1 is 1.34 bits per heavy atom. The minimum Gasteiger partial charge on any atom is -0.469 e. The molecular formula is C19H25N3O6S. The molecule has 9 nitrogen and oxygen atoms in total. The van der Waals surface area contributed by atoms with Gasteiger partial charge in [-0.15, -0.1) is 11.3 Å². The highest BCUT2D eigenvalue weighted by Crippen LogP contribution is 2.46. The summed E-state index contributed by atoms with van der Waals surface area (Å²) in [5.41, 5.74) is 1.35. The molecule has 0 bridgehead atoms. The van der Waals surface area contributed by atoms with Gasteiger partial charge in [0.2, 0.25) is 11.8 Å². The zero-order chi connectivity index (χ0) is 21.0. The fourth-order valence-electron chi connectivity index (χ4n) is 3.34. The fourth-order valence-corrected chi connectivity index (χ4v) is 4.38. The highest BCUT2D eigenvalue weighted by atomic mass is 32.1. The van der Waals surface area contributed by atoms with E-state index in [0.29, 0.717) is 29.6 Å². The molecule has 1 aromatic heterocycles. The molecule has 2 fully saturated rings. The molecule has 2 heterocycles. The average molecular weight is 423 g/mol. The first-order valence-corrected chi connectivity index (χ1v) is 10.5. The van der Waals surface area contributed by atoms with Crippen LogP contribution in [0.15, 0.2) is 5.38 Å². The molecule has 2 N–H and O–H groups in total. The lowest BCUT2D eigenvalue weighted by Gasteiger charge is -2.33. The van der Waals surface area contributed by atoms with Crippen LogP contribution in [0.4, 0.5) is 5.00 Å². The second kappa shape index (κ2) is 9.36. The normalized spacial score (nSPS) is 19.4. The number of carbonyl (C=O) groups excluding carboxylic acids is 4. The van der Waals surface area contributed by atoms with Crippen LogP contribution in [0.5, 0.6) is 0 Å². The minimum atomic E-state index is -0.767. The molecule has 1 atom stereocenters. The number of esters is 2. The first kappa shape index (κ1) is 21.3. The maximum Gasteiger partial charge on any atom is 0.341 e. The van der Waals surface area contributed by atoms with Crippen LogP contribution >= 0.6 is 11.3 Å². The predicted octanol–water partition coefficient (Wildman–Crippen LogP) is 1.10. The Morgan fingerprint density at radius 3 is 2.76 bits per heavy atom. The number of methoxy groups -OCH3 is 1. The maximum atomic E-state index is 12.7. The van der Waals surface area contributed by atoms with E-state index >= 15 is 0 Å². The van der Waals surface area contributed by atoms with Crippen molar-refractivity contribution >= 4 is 40.1 Å². The van der Waals surface area contributed by atoms with Gasteiger partial charge in [0.1, 0.15) is 11.0 Å². The summed E-state index contributed by atoms with van der Waals surface area (Å²) in [6.45, 7) is 2.74. The zero-order valence-electron chi connectivity index (χ0n) is 16.5. The number of carbonyl (C=O) groups is 4. The van der Waals surface area contributed by atoms with Crippen LogP contribution in [-0.2, 0) is 23.9 Å². The van der Waals surface area contributed by atoms with Gasteiger partial charge in [0.15, 0.2) is 0 Å². The Bertz CT molecular complexity index is 804. The van der Waals surface area contributed by atoms with Gasteiger partial charge in [0.25, 0.3) is 0 Å². The molecule has 1 aliphatic carbocycles. The minimum absolute atomic E-state index is 0.0754. The smallest absolute Gasteiger partial charge is 0.341 e. The third-order valence-electron chi connectivity index (χ3n) is 4.95. The topological polar surface area (TPSA) is 114 Å². The molecule has 29 heavy (non-hydrogen) atoms. The van der Waals surface area contributed by atoms with Crippen LogP contribution in [0.1, 0.15) is 48.0 Å². The molecule has 0 spiro atoms. The SMILES string of the molecule is CCOC(=O)c1c(C2CC2)csc1NC(=O)CN1CCNC(=O)[C@@H]1CC(=O)OC. The lowest BCUT2D eigenvalue weighted by Crippen LogP contribution is -2.57. The molecule has 0 aromatic carbocycles. The van der Waals surface area contributed by atoms with E-state index in [0.717, 1.165) is 18.4 Å². The summed E-state index contributed by atoms with van der Waals surface area (Å²) in [5.74, 6) is -1.29. The predicted molar refractivity (Wildman–Crippen MR) is 106 cm³/mol. The first-order valence-electron chi connectivity index (χ1n) is 9.61. The highest BCUT2D eigenvalue weighted by molar-refractivity contribution is 7.15. The van der Waals surface area contributed by atoms with E-state index in [-0.39, 0.29) is 31.4 Å². The van der Waals surface area contributed by atoms with Gasteiger partial charge < -0.3 is 20.1 Å². The summed E-state index contributed by atoms with van der Waals surface area (Å²) in [6, 6.07) is -0.767. The van der Waals surface area contributed by atoms with Crippen molar-refractivity contribution in [2.45, 2.75) is 38.1 Å². The fraction of sp³-hybridized carbons (Fsp3) is 0.579. The van der Waals surface area contributed by atoms with E-state index in [1.807, 2.05) is 5.38 Å². The van der Waals surface area contributed by atoms with Crippen LogP contribution in [0.25, 0.3) is 0 Å². The van der Waals surface area contributed by atoms with Gasteiger partial charge in [0.05, 0.1) is 32.2 Å². The van der Waals surface area contributed by atoms with Crippen molar-refractivity contribution in [2.24, 2.45) is 0 Å². The van der Waals surface area contributed by atoms with Gasteiger partial charge in [-0.3, -0.25) is 19.3 Å². The third-order valence-corrected chi connectivity index (χ3v) is 5.86. The molecule has 158 valence electrons. The second-order valence-electron chi connectivity index (χ2n) is 7.00. The standard InChI is InChI=1S/C19H25N3O6S/c1-3-28-19(26)16-12(11-4-5-11)10-29-18(16)21-14(23)9-22-7-6-20-17(25)13(22)8-15(24)27-2/h10-11,13H,3-9H2,1-2H3,(H,20,25)(H,21,23)/t13-/m0/s1. The summed E-state index contributed by atoms with van der Waals surface area (Å²) < 4.78 is 9.82. The molecule has 2 aliphatic rings. The summed E-state index contributed by atoms with van der Waals surface area (Å²) in [5, 5.41) is 7.84. The van der Waals surface area contributed by atoms with Gasteiger partial charge in [-0.2, -0.15) is 0 Å². The number of hydrogen-bond acceptors (Lipinski definition) is 8. The van der Waals surface area contributed by atoms with Crippen molar-refractivity contribution in [3.8, 4) is 0 Å². The summed E-state index contributed by atoms with van der Waals surface area (Å²) >= 11 is 1.30. The van der Waals surface area contributed by atoms with Crippen molar-refractivity contribution in [1.29, 1.82) is 0 Å². The number of ether oxygens (including phenoxy) is 2. The Hall–Kier alpha value is -2.46. The van der Waals surface area contributed by atoms with E-state index < -0.39 is 18.0 Å². The number of hydrogen-bond donors (Lipinski definition) is 2. The first-order chi connectivity index (χ1) is 13.9. The molecule has 3 rings (SSSR count). The lowest BCUT2D eigenvalue weighted by molar-refractivity contribution is -0.146. The van der Waals surface area contributed by atoms with Crippen molar-refractivity contribution < 1.29 is 28.7 Å². The summed E-state index contributed by atoms with van der Waals surface area (Å²) in [4.78, 5) is 50.5. The maximum absolute atomic E-state index is 12.7. The van der Waals surface area contributed by atoms with Crippen molar-refractivity contribution in [1.82, 2.24) is 10.2 Å². The Balaban J connectivity index is 1.70. The zero-order valence-corrected chi connectivity index (χ0v) is 17.3. The number of rotatable bonds is 8. The molecule has 10 heteroatoms. The second-order valence-corrected chi connectivity index (χ2v) is 7.88.